The molecular weight excluding hydrogens is 573 g/mol. The molecular formula is C27H21F7N6O2. The zero-order valence-electron chi connectivity index (χ0n) is 21.6. The monoisotopic (exact) mass is 594 g/mol. The molecule has 0 spiro atoms. The second-order valence-corrected chi connectivity index (χ2v) is 9.54. The Morgan fingerprint density at radius 1 is 1.05 bits per heavy atom. The van der Waals surface area contributed by atoms with Crippen molar-refractivity contribution in [2.45, 2.75) is 44.2 Å². The highest BCUT2D eigenvalue weighted by Crippen LogP contribution is 2.43. The van der Waals surface area contributed by atoms with E-state index in [1.807, 2.05) is 0 Å². The fourth-order valence-electron chi connectivity index (χ4n) is 4.87. The molecule has 1 aliphatic heterocycles. The first-order valence-electron chi connectivity index (χ1n) is 12.5. The SMILES string of the molecule is CCCC(C(N)=O)(c1cc(-c2ccc(C(F)(F)F)cc2C(F)(F)F)no1)N1Cc2[nH]c(-c3ccccc3F)nc2C=N1. The highest BCUT2D eigenvalue weighted by molar-refractivity contribution is 5.87. The normalized spacial score (nSPS) is 15.0. The predicted molar refractivity (Wildman–Crippen MR) is 135 cm³/mol. The molecule has 2 aromatic carbocycles. The number of nitrogens with one attached hydrogen (secondary N) is 1. The number of imidazole rings is 1. The standard InChI is InChI=1S/C27H21F7N6O2/c1-2-9-25(24(35)41,40-13-21-20(12-36-40)37-23(38-21)16-5-3-4-6-18(16)28)22-11-19(39-42-22)15-8-7-14(26(29,30)31)10-17(15)27(32,33)34/h3-8,10-12H,2,9,13H2,1H3,(H2,35,41)(H,37,38). The lowest BCUT2D eigenvalue weighted by Gasteiger charge is -2.38. The number of fused-ring (bicyclic) bond motifs is 1. The minimum atomic E-state index is -5.16. The van der Waals surface area contributed by atoms with Crippen molar-refractivity contribution in [3.63, 3.8) is 0 Å². The molecule has 1 aliphatic rings. The minimum Gasteiger partial charge on any atom is -0.367 e. The van der Waals surface area contributed by atoms with E-state index in [4.69, 9.17) is 10.3 Å². The van der Waals surface area contributed by atoms with Crippen LogP contribution in [0.15, 0.2) is 58.2 Å². The van der Waals surface area contributed by atoms with Crippen LogP contribution in [-0.4, -0.2) is 32.3 Å². The first kappa shape index (κ1) is 28.8. The smallest absolute Gasteiger partial charge is 0.367 e. The molecule has 42 heavy (non-hydrogen) atoms. The number of aromatic nitrogens is 3. The van der Waals surface area contributed by atoms with E-state index in [1.54, 1.807) is 13.0 Å². The number of hydrogen-bond acceptors (Lipinski definition) is 6. The maximum Gasteiger partial charge on any atom is 0.417 e. The van der Waals surface area contributed by atoms with Gasteiger partial charge in [0.25, 0.3) is 5.91 Å². The van der Waals surface area contributed by atoms with Gasteiger partial charge in [0.05, 0.1) is 35.1 Å². The Balaban J connectivity index is 1.56. The van der Waals surface area contributed by atoms with Gasteiger partial charge >= 0.3 is 12.4 Å². The van der Waals surface area contributed by atoms with Crippen LogP contribution in [0.25, 0.3) is 22.6 Å². The lowest BCUT2D eigenvalue weighted by atomic mass is 9.87. The van der Waals surface area contributed by atoms with Crippen molar-refractivity contribution in [3.8, 4) is 22.6 Å². The second-order valence-electron chi connectivity index (χ2n) is 9.54. The van der Waals surface area contributed by atoms with Crippen molar-refractivity contribution >= 4 is 12.1 Å². The summed E-state index contributed by atoms with van der Waals surface area (Å²) in [6.45, 7) is 1.61. The van der Waals surface area contributed by atoms with Crippen LogP contribution < -0.4 is 5.73 Å². The molecule has 0 saturated carbocycles. The summed E-state index contributed by atoms with van der Waals surface area (Å²) in [5, 5.41) is 9.23. The molecule has 0 aliphatic carbocycles. The Morgan fingerprint density at radius 2 is 1.79 bits per heavy atom. The van der Waals surface area contributed by atoms with Gasteiger partial charge in [0.2, 0.25) is 0 Å². The maximum absolute atomic E-state index is 14.3. The van der Waals surface area contributed by atoms with E-state index in [1.165, 1.54) is 29.4 Å². The number of hydrogen-bond donors (Lipinski definition) is 2. The van der Waals surface area contributed by atoms with Crippen LogP contribution in [-0.2, 0) is 29.2 Å². The number of primary amides is 1. The Labute approximate surface area is 233 Å². The van der Waals surface area contributed by atoms with E-state index in [2.05, 4.69) is 20.2 Å². The quantitative estimate of drug-likeness (QED) is 0.246. The van der Waals surface area contributed by atoms with Crippen LogP contribution in [0.4, 0.5) is 30.7 Å². The fourth-order valence-corrected chi connectivity index (χ4v) is 4.87. The summed E-state index contributed by atoms with van der Waals surface area (Å²) >= 11 is 0. The van der Waals surface area contributed by atoms with Crippen LogP contribution in [0.3, 0.4) is 0 Å². The van der Waals surface area contributed by atoms with Crippen LogP contribution in [0.5, 0.6) is 0 Å². The summed E-state index contributed by atoms with van der Waals surface area (Å²) in [7, 11) is 0. The Hall–Kier alpha value is -4.69. The summed E-state index contributed by atoms with van der Waals surface area (Å²) in [6.07, 6.45) is -8.56. The Bertz CT molecular complexity index is 1670. The highest BCUT2D eigenvalue weighted by Gasteiger charge is 2.49. The average molecular weight is 594 g/mol. The van der Waals surface area contributed by atoms with Gasteiger partial charge in [-0.2, -0.15) is 31.4 Å². The zero-order valence-corrected chi connectivity index (χ0v) is 21.6. The lowest BCUT2D eigenvalue weighted by Crippen LogP contribution is -2.53. The third kappa shape index (κ3) is 4.99. The number of benzene rings is 2. The fraction of sp³-hybridized carbons (Fsp3) is 0.259. The number of carbonyl (C=O) groups is 1. The third-order valence-corrected chi connectivity index (χ3v) is 6.87. The van der Waals surface area contributed by atoms with Crippen molar-refractivity contribution in [3.05, 3.63) is 82.6 Å². The van der Waals surface area contributed by atoms with E-state index >= 15 is 0 Å². The molecule has 8 nitrogen and oxygen atoms in total. The number of nitrogens with zero attached hydrogens (tertiary/aromatic N) is 4. The summed E-state index contributed by atoms with van der Waals surface area (Å²) in [6, 6.07) is 8.07. The van der Waals surface area contributed by atoms with Gasteiger partial charge in [0.15, 0.2) is 11.3 Å². The van der Waals surface area contributed by atoms with Crippen LogP contribution in [0, 0.1) is 5.82 Å². The van der Waals surface area contributed by atoms with Gasteiger partial charge in [-0.1, -0.05) is 36.7 Å². The molecule has 3 N–H and O–H groups in total. The minimum absolute atomic E-state index is 0.0150. The van der Waals surface area contributed by atoms with Crippen LogP contribution >= 0.6 is 0 Å². The van der Waals surface area contributed by atoms with E-state index in [9.17, 15) is 35.5 Å². The van der Waals surface area contributed by atoms with Crippen molar-refractivity contribution in [2.75, 3.05) is 0 Å². The topological polar surface area (TPSA) is 113 Å². The number of nitrogens with two attached hydrogens (primary N) is 1. The van der Waals surface area contributed by atoms with E-state index in [0.29, 0.717) is 29.9 Å². The summed E-state index contributed by atoms with van der Waals surface area (Å²) < 4.78 is 101. The third-order valence-electron chi connectivity index (χ3n) is 6.87. The van der Waals surface area contributed by atoms with Crippen molar-refractivity contribution < 1.29 is 40.1 Å². The van der Waals surface area contributed by atoms with E-state index in [0.717, 1.165) is 6.07 Å². The van der Waals surface area contributed by atoms with E-state index < -0.39 is 52.0 Å². The number of alkyl halides is 6. The molecule has 0 saturated heterocycles. The Kier molecular flexibility index (Phi) is 7.07. The first-order chi connectivity index (χ1) is 19.8. The summed E-state index contributed by atoms with van der Waals surface area (Å²) in [4.78, 5) is 20.4. The van der Waals surface area contributed by atoms with Gasteiger partial charge in [0, 0.05) is 11.6 Å². The lowest BCUT2D eigenvalue weighted by molar-refractivity contribution is -0.142. The van der Waals surface area contributed by atoms with Gasteiger partial charge in [-0.3, -0.25) is 9.80 Å². The van der Waals surface area contributed by atoms with E-state index in [-0.39, 0.29) is 36.2 Å². The molecule has 0 radical (unpaired) electrons. The first-order valence-corrected chi connectivity index (χ1v) is 12.5. The molecule has 1 amide bonds. The number of amides is 1. The van der Waals surface area contributed by atoms with Crippen molar-refractivity contribution in [1.82, 2.24) is 20.1 Å². The number of rotatable bonds is 7. The zero-order chi connectivity index (χ0) is 30.4. The largest absolute Gasteiger partial charge is 0.417 e. The number of halogens is 7. The van der Waals surface area contributed by atoms with Crippen molar-refractivity contribution in [2.24, 2.45) is 10.8 Å². The molecule has 0 fully saturated rings. The van der Waals surface area contributed by atoms with Gasteiger partial charge in [-0.05, 0) is 30.7 Å². The summed E-state index contributed by atoms with van der Waals surface area (Å²) in [5.41, 5.74) is 0.751. The molecule has 4 aromatic rings. The average Bonchev–Trinajstić information content (AvgIpc) is 3.58. The van der Waals surface area contributed by atoms with Gasteiger partial charge < -0.3 is 15.2 Å². The van der Waals surface area contributed by atoms with Crippen LogP contribution in [0.2, 0.25) is 0 Å². The molecule has 5 rings (SSSR count). The molecule has 2 aromatic heterocycles. The molecule has 3 heterocycles. The molecule has 220 valence electrons. The second kappa shape index (κ2) is 10.3. The van der Waals surface area contributed by atoms with Gasteiger partial charge in [-0.15, -0.1) is 0 Å². The number of aromatic amines is 1. The molecule has 15 heteroatoms. The van der Waals surface area contributed by atoms with Crippen molar-refractivity contribution in [1.29, 1.82) is 0 Å². The molecule has 0 bridgehead atoms. The Morgan fingerprint density at radius 3 is 2.43 bits per heavy atom. The number of carbonyl (C=O) groups excluding carboxylic acids is 1. The number of hydrazone groups is 1. The predicted octanol–water partition coefficient (Wildman–Crippen LogP) is 6.24. The summed E-state index contributed by atoms with van der Waals surface area (Å²) in [5.74, 6) is -1.56. The van der Waals surface area contributed by atoms with Gasteiger partial charge in [0.1, 0.15) is 23.0 Å². The molecule has 1 unspecified atom stereocenters. The highest BCUT2D eigenvalue weighted by atomic mass is 19.4. The molecule has 1 atom stereocenters. The number of H-pyrrole nitrogens is 1. The van der Waals surface area contributed by atoms with Crippen LogP contribution in [0.1, 0.15) is 48.0 Å². The maximum atomic E-state index is 14.3. The van der Waals surface area contributed by atoms with Gasteiger partial charge in [-0.25, -0.2) is 9.37 Å².